The number of carboxylic acids is 3. The molecule has 2 atom stereocenters. The van der Waals surface area contributed by atoms with Crippen LogP contribution in [0.3, 0.4) is 0 Å². The first-order chi connectivity index (χ1) is 16.2. The Kier molecular flexibility index (Phi) is 7.46. The number of carbonyl (C=O) groups excluding carboxylic acids is 2. The lowest BCUT2D eigenvalue weighted by Crippen LogP contribution is -2.53. The lowest BCUT2D eigenvalue weighted by molar-refractivity contribution is -0.147. The van der Waals surface area contributed by atoms with Crippen molar-refractivity contribution in [1.29, 1.82) is 0 Å². The number of benzene rings is 2. The van der Waals surface area contributed by atoms with Gasteiger partial charge in [0.25, 0.3) is 0 Å². The molecule has 34 heavy (non-hydrogen) atoms. The van der Waals surface area contributed by atoms with E-state index in [1.165, 1.54) is 0 Å². The van der Waals surface area contributed by atoms with Crippen LogP contribution in [-0.4, -0.2) is 63.9 Å². The van der Waals surface area contributed by atoms with Crippen LogP contribution in [0.15, 0.2) is 48.5 Å². The molecule has 0 saturated carbocycles. The second kappa shape index (κ2) is 10.5. The molecule has 5 N–H and O–H groups in total. The van der Waals surface area contributed by atoms with E-state index in [1.54, 1.807) is 0 Å². The molecule has 1 aliphatic rings. The number of hydrogen-bond donors (Lipinski definition) is 5. The molecular weight excluding hydrogens is 448 g/mol. The highest BCUT2D eigenvalue weighted by Gasteiger charge is 2.32. The highest BCUT2D eigenvalue weighted by molar-refractivity contribution is 5.93. The number of aliphatic carboxylic acids is 3. The fourth-order valence-corrected chi connectivity index (χ4v) is 3.81. The smallest absolute Gasteiger partial charge is 0.407 e. The molecule has 0 unspecified atom stereocenters. The standard InChI is InChI=1S/C23H22N2O9/c26-19(27)9-17(21(30)24-18(22(31)32)10-20(28)29)25-23(33)34-11-16-14-7-3-1-5-12(14)13-6-2-4-8-15(13)16/h1-8,16-18H,9-11H2,(H,24,30)(H,25,33)(H,26,27)(H,28,29)(H,31,32)/t17-,18+/m1/s1. The van der Waals surface area contributed by atoms with Crippen molar-refractivity contribution in [2.75, 3.05) is 6.61 Å². The molecule has 0 spiro atoms. The van der Waals surface area contributed by atoms with Gasteiger partial charge < -0.3 is 30.7 Å². The van der Waals surface area contributed by atoms with Gasteiger partial charge in [-0.3, -0.25) is 14.4 Å². The Hall–Kier alpha value is -4.41. The molecule has 2 aromatic carbocycles. The molecule has 2 aromatic rings. The Morgan fingerprint density at radius 3 is 1.76 bits per heavy atom. The van der Waals surface area contributed by atoms with Crippen LogP contribution in [0.4, 0.5) is 4.79 Å². The summed E-state index contributed by atoms with van der Waals surface area (Å²) in [6.07, 6.45) is -2.87. The zero-order valence-electron chi connectivity index (χ0n) is 17.8. The fourth-order valence-electron chi connectivity index (χ4n) is 3.81. The first-order valence-corrected chi connectivity index (χ1v) is 10.3. The number of nitrogens with one attached hydrogen (secondary N) is 2. The van der Waals surface area contributed by atoms with Gasteiger partial charge in [0.1, 0.15) is 18.7 Å². The van der Waals surface area contributed by atoms with Gasteiger partial charge in [0.15, 0.2) is 0 Å². The number of alkyl carbamates (subject to hydrolysis) is 1. The van der Waals surface area contributed by atoms with Crippen LogP contribution in [-0.2, 0) is 23.9 Å². The molecule has 0 heterocycles. The van der Waals surface area contributed by atoms with Gasteiger partial charge in [0.2, 0.25) is 5.91 Å². The lowest BCUT2D eigenvalue weighted by atomic mass is 9.98. The van der Waals surface area contributed by atoms with Crippen molar-refractivity contribution in [3.63, 3.8) is 0 Å². The molecule has 11 nitrogen and oxygen atoms in total. The van der Waals surface area contributed by atoms with Crippen LogP contribution in [0, 0.1) is 0 Å². The number of amides is 2. The van der Waals surface area contributed by atoms with Crippen LogP contribution in [0.25, 0.3) is 11.1 Å². The van der Waals surface area contributed by atoms with Gasteiger partial charge in [0.05, 0.1) is 12.8 Å². The van der Waals surface area contributed by atoms with Crippen molar-refractivity contribution < 1.29 is 44.0 Å². The Morgan fingerprint density at radius 1 is 0.765 bits per heavy atom. The Balaban J connectivity index is 1.67. The summed E-state index contributed by atoms with van der Waals surface area (Å²) in [6.45, 7) is -0.0853. The number of carboxylic acid groups (broad SMARTS) is 3. The van der Waals surface area contributed by atoms with Crippen LogP contribution in [0.2, 0.25) is 0 Å². The quantitative estimate of drug-likeness (QED) is 0.343. The van der Waals surface area contributed by atoms with Crippen molar-refractivity contribution in [1.82, 2.24) is 10.6 Å². The van der Waals surface area contributed by atoms with E-state index in [0.717, 1.165) is 22.3 Å². The topological polar surface area (TPSA) is 179 Å². The van der Waals surface area contributed by atoms with Crippen LogP contribution in [0.1, 0.15) is 29.9 Å². The number of hydrogen-bond acceptors (Lipinski definition) is 6. The minimum absolute atomic E-state index is 0.0853. The largest absolute Gasteiger partial charge is 0.481 e. The van der Waals surface area contributed by atoms with Gasteiger partial charge in [-0.2, -0.15) is 0 Å². The minimum Gasteiger partial charge on any atom is -0.481 e. The van der Waals surface area contributed by atoms with E-state index in [4.69, 9.17) is 20.1 Å². The van der Waals surface area contributed by atoms with Gasteiger partial charge in [-0.25, -0.2) is 9.59 Å². The molecule has 0 aliphatic heterocycles. The number of ether oxygens (including phenoxy) is 1. The summed E-state index contributed by atoms with van der Waals surface area (Å²) in [5.41, 5.74) is 3.92. The third-order valence-corrected chi connectivity index (χ3v) is 5.32. The maximum absolute atomic E-state index is 12.4. The second-order valence-electron chi connectivity index (χ2n) is 7.62. The molecule has 0 bridgehead atoms. The van der Waals surface area contributed by atoms with Crippen molar-refractivity contribution in [3.8, 4) is 11.1 Å². The molecule has 2 amide bonds. The monoisotopic (exact) mass is 470 g/mol. The summed E-state index contributed by atoms with van der Waals surface area (Å²) < 4.78 is 5.29. The Bertz CT molecular complexity index is 1090. The van der Waals surface area contributed by atoms with E-state index >= 15 is 0 Å². The fraction of sp³-hybridized carbons (Fsp3) is 0.261. The average molecular weight is 470 g/mol. The molecule has 3 rings (SSSR count). The maximum Gasteiger partial charge on any atom is 0.407 e. The number of rotatable bonds is 10. The van der Waals surface area contributed by atoms with Gasteiger partial charge in [-0.05, 0) is 22.3 Å². The average Bonchev–Trinajstić information content (AvgIpc) is 3.10. The van der Waals surface area contributed by atoms with Crippen molar-refractivity contribution in [3.05, 3.63) is 59.7 Å². The van der Waals surface area contributed by atoms with Crippen molar-refractivity contribution in [2.45, 2.75) is 30.8 Å². The zero-order chi connectivity index (χ0) is 24.8. The van der Waals surface area contributed by atoms with E-state index in [9.17, 15) is 24.0 Å². The number of fused-ring (bicyclic) bond motifs is 3. The Labute approximate surface area is 193 Å². The Morgan fingerprint density at radius 2 is 1.26 bits per heavy atom. The molecule has 178 valence electrons. The van der Waals surface area contributed by atoms with Crippen LogP contribution >= 0.6 is 0 Å². The molecule has 1 aliphatic carbocycles. The molecule has 0 saturated heterocycles. The van der Waals surface area contributed by atoms with E-state index in [0.29, 0.717) is 0 Å². The normalized spacial score (nSPS) is 13.6. The molecule has 11 heteroatoms. The molecule has 0 aromatic heterocycles. The summed E-state index contributed by atoms with van der Waals surface area (Å²) in [5, 5.41) is 31.0. The van der Waals surface area contributed by atoms with E-state index in [-0.39, 0.29) is 12.5 Å². The maximum atomic E-state index is 12.4. The van der Waals surface area contributed by atoms with Crippen LogP contribution in [0.5, 0.6) is 0 Å². The first-order valence-electron chi connectivity index (χ1n) is 10.3. The van der Waals surface area contributed by atoms with E-state index < -0.39 is 54.8 Å². The van der Waals surface area contributed by atoms with Crippen molar-refractivity contribution >= 4 is 29.9 Å². The SMILES string of the molecule is O=C(O)C[C@H](NC(=O)[C@@H](CC(=O)O)NC(=O)OCC1c2ccccc2-c2ccccc21)C(=O)O. The highest BCUT2D eigenvalue weighted by Crippen LogP contribution is 2.44. The summed E-state index contributed by atoms with van der Waals surface area (Å²) in [4.78, 5) is 57.9. The van der Waals surface area contributed by atoms with E-state index in [2.05, 4.69) is 5.32 Å². The zero-order valence-corrected chi connectivity index (χ0v) is 17.8. The summed E-state index contributed by atoms with van der Waals surface area (Å²) in [5.74, 6) is -5.97. The van der Waals surface area contributed by atoms with Crippen molar-refractivity contribution in [2.24, 2.45) is 0 Å². The predicted octanol–water partition coefficient (Wildman–Crippen LogP) is 1.41. The van der Waals surface area contributed by atoms with Gasteiger partial charge in [-0.1, -0.05) is 48.5 Å². The van der Waals surface area contributed by atoms with Gasteiger partial charge in [0, 0.05) is 5.92 Å². The van der Waals surface area contributed by atoms with E-state index in [1.807, 2.05) is 53.8 Å². The predicted molar refractivity (Wildman–Crippen MR) is 116 cm³/mol. The molecule has 0 fully saturated rings. The van der Waals surface area contributed by atoms with Crippen LogP contribution < -0.4 is 10.6 Å². The van der Waals surface area contributed by atoms with Gasteiger partial charge in [-0.15, -0.1) is 0 Å². The summed E-state index contributed by atoms with van der Waals surface area (Å²) in [6, 6.07) is 11.8. The number of carbonyl (C=O) groups is 5. The molecular formula is C23H22N2O9. The highest BCUT2D eigenvalue weighted by atomic mass is 16.5. The second-order valence-corrected chi connectivity index (χ2v) is 7.62. The molecule has 0 radical (unpaired) electrons. The van der Waals surface area contributed by atoms with Gasteiger partial charge >= 0.3 is 24.0 Å². The lowest BCUT2D eigenvalue weighted by Gasteiger charge is -2.20. The first kappa shape index (κ1) is 24.2. The third kappa shape index (κ3) is 5.68. The summed E-state index contributed by atoms with van der Waals surface area (Å²) >= 11 is 0. The summed E-state index contributed by atoms with van der Waals surface area (Å²) in [7, 11) is 0. The third-order valence-electron chi connectivity index (χ3n) is 5.32. The minimum atomic E-state index is -1.80.